The van der Waals surface area contributed by atoms with Gasteiger partial charge < -0.3 is 4.90 Å². The number of anilines is 3. The van der Waals surface area contributed by atoms with Crippen LogP contribution < -0.4 is 4.90 Å². The molecule has 0 fully saturated rings. The Kier molecular flexibility index (Phi) is 11.0. The maximum absolute atomic E-state index is 2.37. The van der Waals surface area contributed by atoms with Crippen LogP contribution >= 0.6 is 11.3 Å². The van der Waals surface area contributed by atoms with Crippen molar-refractivity contribution in [2.45, 2.75) is 14.4 Å². The van der Waals surface area contributed by atoms with E-state index in [-0.39, 0.29) is 7.43 Å². The molecule has 64 heavy (non-hydrogen) atoms. The number of fused-ring (bicyclic) bond motifs is 3. The first-order valence-electron chi connectivity index (χ1n) is 21.6. The topological polar surface area (TPSA) is 3.24 Å². The average Bonchev–Trinajstić information content (AvgIpc) is 3.85. The Labute approximate surface area is 380 Å². The molecule has 11 rings (SSSR count). The molecule has 306 valence electrons. The molecule has 0 unspecified atom stereocenters. The number of benzene rings is 10. The molecule has 1 heterocycles. The molecule has 0 spiro atoms. The van der Waals surface area contributed by atoms with Crippen molar-refractivity contribution < 1.29 is 0 Å². The second-order valence-electron chi connectivity index (χ2n) is 16.2. The summed E-state index contributed by atoms with van der Waals surface area (Å²) in [6, 6.07) is 84.1. The van der Waals surface area contributed by atoms with E-state index >= 15 is 0 Å². The highest BCUT2D eigenvalue weighted by Crippen LogP contribution is 2.46. The third-order valence-electron chi connectivity index (χ3n) is 12.1. The zero-order valence-electron chi connectivity index (χ0n) is 34.9. The lowest BCUT2D eigenvalue weighted by molar-refractivity contribution is 1.28. The van der Waals surface area contributed by atoms with Gasteiger partial charge in [0.05, 0.1) is 0 Å². The summed E-state index contributed by atoms with van der Waals surface area (Å²) in [5.41, 5.74) is 14.4. The molecule has 0 atom stereocenters. The monoisotopic (exact) mass is 837 g/mol. The summed E-state index contributed by atoms with van der Waals surface area (Å²) >= 11 is 1.85. The smallest absolute Gasteiger partial charge is 0.0468 e. The average molecular weight is 838 g/mol. The molecule has 1 aromatic heterocycles. The van der Waals surface area contributed by atoms with Gasteiger partial charge in [0.15, 0.2) is 0 Å². The van der Waals surface area contributed by atoms with Gasteiger partial charge in [-0.25, -0.2) is 0 Å². The standard InChI is InChI=1S/C61H43NS.CH4/c1-42-23-32-51(33-24-42)62(52-34-27-44(28-35-52)26-25-43-13-4-2-5-14-43)53-36-31-46-39-50(30-29-47(46)41-53)61-56-21-10-8-19-54(56)60(55-20-9-11-22-57(55)61)49-18-12-17-48(40-49)59-38-37-58(63-59)45-15-6-3-7-16-45;/h2-41H,1H3;1H4/b26-25+;. The number of thiophene rings is 1. The van der Waals surface area contributed by atoms with Gasteiger partial charge in [0.25, 0.3) is 0 Å². The van der Waals surface area contributed by atoms with Crippen molar-refractivity contribution in [1.29, 1.82) is 0 Å². The predicted octanol–water partition coefficient (Wildman–Crippen LogP) is 18.5. The zero-order chi connectivity index (χ0) is 42.1. The van der Waals surface area contributed by atoms with Crippen LogP contribution in [0.1, 0.15) is 24.1 Å². The fraction of sp³-hybridized carbons (Fsp3) is 0.0323. The van der Waals surface area contributed by atoms with Crippen molar-refractivity contribution in [3.8, 4) is 43.1 Å². The van der Waals surface area contributed by atoms with Gasteiger partial charge in [-0.15, -0.1) is 11.3 Å². The van der Waals surface area contributed by atoms with E-state index in [0.717, 1.165) is 22.6 Å². The lowest BCUT2D eigenvalue weighted by Gasteiger charge is -2.26. The first-order chi connectivity index (χ1) is 31.1. The molecule has 1 nitrogen and oxygen atoms in total. The minimum Gasteiger partial charge on any atom is -0.310 e. The minimum atomic E-state index is 0. The van der Waals surface area contributed by atoms with Crippen LogP contribution in [0.3, 0.4) is 0 Å². The third-order valence-corrected chi connectivity index (χ3v) is 13.3. The molecule has 0 saturated carbocycles. The second kappa shape index (κ2) is 17.5. The van der Waals surface area contributed by atoms with E-state index < -0.39 is 0 Å². The van der Waals surface area contributed by atoms with E-state index in [9.17, 15) is 0 Å². The van der Waals surface area contributed by atoms with E-state index in [2.05, 4.69) is 248 Å². The number of hydrogen-bond donors (Lipinski definition) is 0. The Bertz CT molecular complexity index is 3380. The fourth-order valence-electron chi connectivity index (χ4n) is 8.99. The molecular weight excluding hydrogens is 791 g/mol. The van der Waals surface area contributed by atoms with Crippen molar-refractivity contribution in [1.82, 2.24) is 0 Å². The lowest BCUT2D eigenvalue weighted by Crippen LogP contribution is -2.09. The molecule has 0 aliphatic heterocycles. The van der Waals surface area contributed by atoms with E-state index in [1.54, 1.807) is 0 Å². The van der Waals surface area contributed by atoms with Crippen LogP contribution in [0.25, 0.3) is 87.6 Å². The summed E-state index contributed by atoms with van der Waals surface area (Å²) in [7, 11) is 0. The maximum Gasteiger partial charge on any atom is 0.0468 e. The van der Waals surface area contributed by atoms with Crippen LogP contribution in [0.15, 0.2) is 231 Å². The van der Waals surface area contributed by atoms with Gasteiger partial charge in [-0.05, 0) is 144 Å². The summed E-state index contributed by atoms with van der Waals surface area (Å²) in [6.45, 7) is 2.14. The summed E-state index contributed by atoms with van der Waals surface area (Å²) in [5, 5.41) is 7.42. The largest absolute Gasteiger partial charge is 0.310 e. The van der Waals surface area contributed by atoms with Crippen molar-refractivity contribution in [2.75, 3.05) is 4.90 Å². The fourth-order valence-corrected chi connectivity index (χ4v) is 10.00. The van der Waals surface area contributed by atoms with Crippen molar-refractivity contribution in [3.05, 3.63) is 247 Å². The lowest BCUT2D eigenvalue weighted by atomic mass is 9.85. The maximum atomic E-state index is 2.37. The molecule has 10 aromatic carbocycles. The summed E-state index contributed by atoms with van der Waals surface area (Å²) in [5.74, 6) is 0. The van der Waals surface area contributed by atoms with Crippen LogP contribution in [-0.4, -0.2) is 0 Å². The SMILES string of the molecule is C.Cc1ccc(N(c2ccc(/C=C/c3ccccc3)cc2)c2ccc3cc(-c4c5ccccc5c(-c5cccc(-c6ccc(-c7ccccc7)s6)c5)c5ccccc45)ccc3c2)cc1. The summed E-state index contributed by atoms with van der Waals surface area (Å²) in [6.07, 6.45) is 4.34. The van der Waals surface area contributed by atoms with Crippen LogP contribution in [0, 0.1) is 6.92 Å². The number of aryl methyl sites for hydroxylation is 1. The Morgan fingerprint density at radius 3 is 1.42 bits per heavy atom. The van der Waals surface area contributed by atoms with Gasteiger partial charge in [-0.2, -0.15) is 0 Å². The van der Waals surface area contributed by atoms with Crippen molar-refractivity contribution in [3.63, 3.8) is 0 Å². The summed E-state index contributed by atoms with van der Waals surface area (Å²) in [4.78, 5) is 4.91. The van der Waals surface area contributed by atoms with Crippen LogP contribution in [-0.2, 0) is 0 Å². The molecule has 0 saturated heterocycles. The highest BCUT2D eigenvalue weighted by Gasteiger charge is 2.19. The van der Waals surface area contributed by atoms with Gasteiger partial charge in [0, 0.05) is 26.8 Å². The Morgan fingerprint density at radius 2 is 0.797 bits per heavy atom. The van der Waals surface area contributed by atoms with Gasteiger partial charge in [-0.3, -0.25) is 0 Å². The number of rotatable bonds is 9. The second-order valence-corrected chi connectivity index (χ2v) is 17.3. The highest BCUT2D eigenvalue weighted by atomic mass is 32.1. The van der Waals surface area contributed by atoms with Crippen molar-refractivity contribution >= 4 is 72.9 Å². The predicted molar refractivity (Wildman–Crippen MR) is 280 cm³/mol. The van der Waals surface area contributed by atoms with E-state index in [1.807, 2.05) is 17.4 Å². The normalized spacial score (nSPS) is 11.3. The third kappa shape index (κ3) is 7.81. The first-order valence-corrected chi connectivity index (χ1v) is 22.4. The minimum absolute atomic E-state index is 0. The zero-order valence-corrected chi connectivity index (χ0v) is 35.8. The van der Waals surface area contributed by atoms with Crippen molar-refractivity contribution in [2.24, 2.45) is 0 Å². The molecule has 0 bridgehead atoms. The van der Waals surface area contributed by atoms with Crippen LogP contribution in [0.4, 0.5) is 17.1 Å². The quantitative estimate of drug-likeness (QED) is 0.103. The molecule has 0 aliphatic rings. The molecule has 2 heteroatoms. The van der Waals surface area contributed by atoms with E-state index in [1.165, 1.54) is 86.6 Å². The molecule has 0 amide bonds. The Hall–Kier alpha value is -7.78. The molecular formula is C62H47NS. The molecule has 11 aromatic rings. The van der Waals surface area contributed by atoms with E-state index in [4.69, 9.17) is 0 Å². The van der Waals surface area contributed by atoms with Gasteiger partial charge in [0.2, 0.25) is 0 Å². The van der Waals surface area contributed by atoms with Crippen LogP contribution in [0.2, 0.25) is 0 Å². The van der Waals surface area contributed by atoms with Crippen LogP contribution in [0.5, 0.6) is 0 Å². The molecule has 0 radical (unpaired) electrons. The van der Waals surface area contributed by atoms with Gasteiger partial charge >= 0.3 is 0 Å². The molecule has 0 aliphatic carbocycles. The Morgan fingerprint density at radius 1 is 0.344 bits per heavy atom. The Balaban J connectivity index is 0.00000484. The van der Waals surface area contributed by atoms with Gasteiger partial charge in [-0.1, -0.05) is 195 Å². The summed E-state index contributed by atoms with van der Waals surface area (Å²) < 4.78 is 0. The number of hydrogen-bond acceptors (Lipinski definition) is 2. The molecule has 0 N–H and O–H groups in total. The number of nitrogens with zero attached hydrogens (tertiary/aromatic N) is 1. The highest BCUT2D eigenvalue weighted by molar-refractivity contribution is 7.18. The van der Waals surface area contributed by atoms with E-state index in [0.29, 0.717) is 0 Å². The van der Waals surface area contributed by atoms with Gasteiger partial charge in [0.1, 0.15) is 0 Å². The first kappa shape index (κ1) is 40.3.